The number of aromatic nitrogens is 7. The molecule has 0 atom stereocenters. The molecular weight excluding hydrogens is 322 g/mol. The lowest BCUT2D eigenvalue weighted by Crippen LogP contribution is -2.24. The molecule has 0 bridgehead atoms. The van der Waals surface area contributed by atoms with Gasteiger partial charge in [0.25, 0.3) is 5.19 Å². The van der Waals surface area contributed by atoms with Crippen molar-refractivity contribution in [3.63, 3.8) is 0 Å². The number of hydrogen-bond acceptors (Lipinski definition) is 8. The summed E-state index contributed by atoms with van der Waals surface area (Å²) in [5, 5.41) is 13.7. The van der Waals surface area contributed by atoms with Crippen LogP contribution >= 0.6 is 11.3 Å². The van der Waals surface area contributed by atoms with Gasteiger partial charge in [-0.3, -0.25) is 0 Å². The van der Waals surface area contributed by atoms with Crippen molar-refractivity contribution in [3.8, 4) is 16.9 Å². The molecular formula is C12H15N7O3S. The molecule has 0 aromatic carbocycles. The maximum absolute atomic E-state index is 12.2. The average molecular weight is 339 g/mol. The van der Waals surface area contributed by atoms with Crippen molar-refractivity contribution in [2.24, 2.45) is 14.1 Å². The van der Waals surface area contributed by atoms with Crippen molar-refractivity contribution < 1.29 is 10.8 Å². The second kappa shape index (κ2) is 6.20. The van der Waals surface area contributed by atoms with Crippen LogP contribution in [-0.2, 0) is 20.7 Å². The van der Waals surface area contributed by atoms with Gasteiger partial charge in [0.15, 0.2) is 5.82 Å². The SMILES string of the molecule is [3H]c1csc(OCc2c(OCC)nn(C)c2-n2nnn(C)c2=O)n1. The van der Waals surface area contributed by atoms with E-state index in [1.54, 1.807) is 12.4 Å². The molecule has 3 rings (SSSR count). The zero-order chi connectivity index (χ0) is 17.3. The molecule has 23 heavy (non-hydrogen) atoms. The fraction of sp³-hybridized carbons (Fsp3) is 0.417. The fourth-order valence-corrected chi connectivity index (χ4v) is 2.45. The Morgan fingerprint density at radius 1 is 1.30 bits per heavy atom. The van der Waals surface area contributed by atoms with Crippen LogP contribution in [0.15, 0.2) is 16.3 Å². The molecule has 0 amide bonds. The Labute approximate surface area is 136 Å². The average Bonchev–Trinajstić information content (AvgIpc) is 3.18. The summed E-state index contributed by atoms with van der Waals surface area (Å²) in [5.74, 6) is 0.745. The summed E-state index contributed by atoms with van der Waals surface area (Å²) in [7, 11) is 3.18. The Morgan fingerprint density at radius 2 is 2.13 bits per heavy atom. The Hall–Kier alpha value is -2.69. The van der Waals surface area contributed by atoms with Crippen LogP contribution in [0.2, 0.25) is 0 Å². The summed E-state index contributed by atoms with van der Waals surface area (Å²) in [5.41, 5.74) is 0.133. The second-order valence-electron chi connectivity index (χ2n) is 4.49. The fourth-order valence-electron chi connectivity index (χ4n) is 2.01. The van der Waals surface area contributed by atoms with E-state index in [0.717, 1.165) is 9.36 Å². The van der Waals surface area contributed by atoms with Gasteiger partial charge in [0.1, 0.15) is 6.61 Å². The number of nitrogens with zero attached hydrogens (tertiary/aromatic N) is 7. The Balaban J connectivity index is 2.01. The molecule has 11 heteroatoms. The van der Waals surface area contributed by atoms with Gasteiger partial charge in [-0.05, 0) is 17.4 Å². The first-order valence-corrected chi connectivity index (χ1v) is 7.62. The maximum Gasteiger partial charge on any atom is 0.369 e. The van der Waals surface area contributed by atoms with Crippen LogP contribution in [0.25, 0.3) is 5.82 Å². The van der Waals surface area contributed by atoms with Crippen LogP contribution in [0, 0.1) is 0 Å². The van der Waals surface area contributed by atoms with Gasteiger partial charge in [0.05, 0.1) is 13.5 Å². The molecule has 0 spiro atoms. The second-order valence-corrected chi connectivity index (χ2v) is 5.31. The molecule has 122 valence electrons. The highest BCUT2D eigenvalue weighted by molar-refractivity contribution is 7.11. The van der Waals surface area contributed by atoms with Crippen LogP contribution < -0.4 is 15.2 Å². The van der Waals surface area contributed by atoms with E-state index in [4.69, 9.17) is 10.8 Å². The zero-order valence-electron chi connectivity index (χ0n) is 13.8. The first-order valence-electron chi connectivity index (χ1n) is 7.24. The number of tetrazole rings is 1. The normalized spacial score (nSPS) is 11.5. The summed E-state index contributed by atoms with van der Waals surface area (Å²) in [6, 6.07) is 0. The molecule has 10 nitrogen and oxygen atoms in total. The zero-order valence-corrected chi connectivity index (χ0v) is 13.6. The van der Waals surface area contributed by atoms with Crippen LogP contribution in [-0.4, -0.2) is 41.2 Å². The van der Waals surface area contributed by atoms with E-state index in [9.17, 15) is 4.79 Å². The predicted octanol–water partition coefficient (Wildman–Crippen LogP) is 0.134. The first-order chi connectivity index (χ1) is 11.5. The number of rotatable bonds is 6. The minimum atomic E-state index is -0.412. The van der Waals surface area contributed by atoms with E-state index in [2.05, 4.69) is 20.5 Å². The number of aryl methyl sites for hydroxylation is 2. The molecule has 0 aliphatic carbocycles. The lowest BCUT2D eigenvalue weighted by molar-refractivity contribution is 0.281. The number of hydrogen-bond donors (Lipinski definition) is 0. The molecule has 0 aliphatic rings. The van der Waals surface area contributed by atoms with E-state index in [1.807, 2.05) is 6.92 Å². The lowest BCUT2D eigenvalue weighted by atomic mass is 10.3. The molecule has 0 radical (unpaired) electrons. The minimum absolute atomic E-state index is 0.0640. The Morgan fingerprint density at radius 3 is 2.74 bits per heavy atom. The van der Waals surface area contributed by atoms with Gasteiger partial charge in [0.2, 0.25) is 5.88 Å². The van der Waals surface area contributed by atoms with Gasteiger partial charge in [-0.25, -0.2) is 14.5 Å². The third-order valence-corrected chi connectivity index (χ3v) is 3.62. The molecule has 0 unspecified atom stereocenters. The van der Waals surface area contributed by atoms with Crippen LogP contribution in [0.1, 0.15) is 13.9 Å². The number of thiazole rings is 1. The maximum atomic E-state index is 12.2. The van der Waals surface area contributed by atoms with Gasteiger partial charge < -0.3 is 9.47 Å². The summed E-state index contributed by atoms with van der Waals surface area (Å²) in [6.07, 6.45) is 0.136. The van der Waals surface area contributed by atoms with Gasteiger partial charge in [-0.2, -0.15) is 4.68 Å². The molecule has 3 aromatic rings. The lowest BCUT2D eigenvalue weighted by Gasteiger charge is -2.06. The summed E-state index contributed by atoms with van der Waals surface area (Å²) in [4.78, 5) is 16.1. The highest BCUT2D eigenvalue weighted by Crippen LogP contribution is 2.25. The Kier molecular flexibility index (Phi) is 3.76. The van der Waals surface area contributed by atoms with Crippen molar-refractivity contribution in [3.05, 3.63) is 27.6 Å². The highest BCUT2D eigenvalue weighted by atomic mass is 32.1. The van der Waals surface area contributed by atoms with Gasteiger partial charge >= 0.3 is 5.69 Å². The summed E-state index contributed by atoms with van der Waals surface area (Å²) < 4.78 is 22.3. The van der Waals surface area contributed by atoms with Crippen molar-refractivity contribution in [1.82, 2.24) is 34.6 Å². The van der Waals surface area contributed by atoms with Crippen LogP contribution in [0.4, 0.5) is 0 Å². The summed E-state index contributed by atoms with van der Waals surface area (Å²) in [6.45, 7) is 2.31. The topological polar surface area (TPSA) is 102 Å². The largest absolute Gasteiger partial charge is 0.477 e. The van der Waals surface area contributed by atoms with Crippen molar-refractivity contribution >= 4 is 11.3 Å². The van der Waals surface area contributed by atoms with Crippen molar-refractivity contribution in [1.29, 1.82) is 0 Å². The molecule has 0 N–H and O–H groups in total. The molecule has 0 fully saturated rings. The summed E-state index contributed by atoms with van der Waals surface area (Å²) >= 11 is 1.21. The molecule has 3 heterocycles. The molecule has 3 aromatic heterocycles. The predicted molar refractivity (Wildman–Crippen MR) is 81.0 cm³/mol. The molecule has 0 saturated carbocycles. The van der Waals surface area contributed by atoms with E-state index >= 15 is 0 Å². The van der Waals surface area contributed by atoms with Crippen molar-refractivity contribution in [2.75, 3.05) is 6.61 Å². The monoisotopic (exact) mass is 339 g/mol. The first kappa shape index (κ1) is 13.9. The van der Waals surface area contributed by atoms with Crippen molar-refractivity contribution in [2.45, 2.75) is 13.5 Å². The minimum Gasteiger partial charge on any atom is -0.477 e. The van der Waals surface area contributed by atoms with E-state index in [0.29, 0.717) is 29.1 Å². The van der Waals surface area contributed by atoms with Gasteiger partial charge in [-0.1, -0.05) is 11.3 Å². The van der Waals surface area contributed by atoms with Gasteiger partial charge in [-0.15, -0.1) is 9.78 Å². The highest BCUT2D eigenvalue weighted by Gasteiger charge is 2.23. The quantitative estimate of drug-likeness (QED) is 0.629. The number of ether oxygens (including phenoxy) is 2. The third-order valence-electron chi connectivity index (χ3n) is 2.99. The van der Waals surface area contributed by atoms with Gasteiger partial charge in [0, 0.05) is 25.6 Å². The third kappa shape index (κ3) is 2.82. The smallest absolute Gasteiger partial charge is 0.369 e. The van der Waals surface area contributed by atoms with E-state index < -0.39 is 5.69 Å². The van der Waals surface area contributed by atoms with E-state index in [-0.39, 0.29) is 12.8 Å². The van der Waals surface area contributed by atoms with E-state index in [1.165, 1.54) is 23.1 Å². The van der Waals surface area contributed by atoms with Crippen LogP contribution in [0.3, 0.4) is 0 Å². The molecule has 0 saturated heterocycles. The Bertz CT molecular complexity index is 912. The standard InChI is InChI=1S/C12H15N7O3S/c1-4-21-9-8(7-22-11-13-5-6-23-11)10(17(2)14-9)19-12(20)18(3)15-16-19/h5-6H,4,7H2,1-3H3/i5T. The van der Waals surface area contributed by atoms with Crippen LogP contribution in [0.5, 0.6) is 11.1 Å². The molecule has 0 aliphatic heterocycles.